The predicted octanol–water partition coefficient (Wildman–Crippen LogP) is 3.16. The summed E-state index contributed by atoms with van der Waals surface area (Å²) in [4.78, 5) is 9.42. The molecule has 0 atom stereocenters. The fourth-order valence-electron chi connectivity index (χ4n) is 2.69. The van der Waals surface area contributed by atoms with Crippen molar-refractivity contribution in [3.63, 3.8) is 0 Å². The van der Waals surface area contributed by atoms with Gasteiger partial charge in [-0.3, -0.25) is 14.8 Å². The Bertz CT molecular complexity index is 565. The Kier molecular flexibility index (Phi) is 5.01. The Morgan fingerprint density at radius 3 is 2.19 bits per heavy atom. The van der Waals surface area contributed by atoms with Crippen LogP contribution in [0.5, 0.6) is 0 Å². The van der Waals surface area contributed by atoms with Crippen LogP contribution in [0, 0.1) is 0 Å². The number of nitrogens with zero attached hydrogens (tertiary/aromatic N) is 3. The van der Waals surface area contributed by atoms with Gasteiger partial charge in [0.25, 0.3) is 0 Å². The first-order valence-corrected chi connectivity index (χ1v) is 8.18. The zero-order valence-electron chi connectivity index (χ0n) is 12.1. The van der Waals surface area contributed by atoms with Crippen molar-refractivity contribution in [3.05, 3.63) is 64.4 Å². The fraction of sp³-hybridized carbons (Fsp3) is 0.353. The maximum absolute atomic E-state index is 4.41. The molecule has 0 spiro atoms. The molecule has 2 heterocycles. The van der Waals surface area contributed by atoms with E-state index in [4.69, 9.17) is 0 Å². The molecule has 0 amide bonds. The van der Waals surface area contributed by atoms with Gasteiger partial charge in [-0.25, -0.2) is 0 Å². The second-order valence-electron chi connectivity index (χ2n) is 5.46. The molecular formula is C17H20BrN3. The van der Waals surface area contributed by atoms with Crippen LogP contribution in [0.2, 0.25) is 0 Å². The van der Waals surface area contributed by atoms with Crippen molar-refractivity contribution in [2.75, 3.05) is 26.2 Å². The van der Waals surface area contributed by atoms with Crippen molar-refractivity contribution < 1.29 is 0 Å². The maximum Gasteiger partial charge on any atom is 0.0543 e. The summed E-state index contributed by atoms with van der Waals surface area (Å²) in [6.45, 7) is 6.45. The quantitative estimate of drug-likeness (QED) is 0.848. The third-order valence-corrected chi connectivity index (χ3v) is 4.70. The minimum atomic E-state index is 0.962. The first-order chi connectivity index (χ1) is 10.3. The van der Waals surface area contributed by atoms with Crippen LogP contribution in [0.4, 0.5) is 0 Å². The van der Waals surface area contributed by atoms with Crippen molar-refractivity contribution in [2.24, 2.45) is 0 Å². The average molecular weight is 346 g/mol. The van der Waals surface area contributed by atoms with E-state index in [0.29, 0.717) is 0 Å². The van der Waals surface area contributed by atoms with Gasteiger partial charge in [0.2, 0.25) is 0 Å². The normalized spacial score (nSPS) is 17.0. The van der Waals surface area contributed by atoms with E-state index in [2.05, 4.69) is 67.1 Å². The molecular weight excluding hydrogens is 326 g/mol. The lowest BCUT2D eigenvalue weighted by molar-refractivity contribution is 0.121. The number of piperazine rings is 1. The minimum absolute atomic E-state index is 0.962. The number of hydrogen-bond donors (Lipinski definition) is 0. The van der Waals surface area contributed by atoms with Crippen LogP contribution < -0.4 is 0 Å². The topological polar surface area (TPSA) is 19.4 Å². The molecule has 1 aromatic heterocycles. The van der Waals surface area contributed by atoms with Crippen LogP contribution in [0.25, 0.3) is 0 Å². The summed E-state index contributed by atoms with van der Waals surface area (Å²) >= 11 is 3.63. The van der Waals surface area contributed by atoms with Crippen molar-refractivity contribution in [1.82, 2.24) is 14.8 Å². The Balaban J connectivity index is 1.50. The molecule has 4 heteroatoms. The summed E-state index contributed by atoms with van der Waals surface area (Å²) < 4.78 is 1.21. The van der Waals surface area contributed by atoms with E-state index in [1.165, 1.54) is 10.0 Å². The molecule has 1 aliphatic heterocycles. The van der Waals surface area contributed by atoms with Crippen LogP contribution in [0.1, 0.15) is 11.3 Å². The molecule has 0 bridgehead atoms. The van der Waals surface area contributed by atoms with E-state index in [9.17, 15) is 0 Å². The van der Waals surface area contributed by atoms with Crippen molar-refractivity contribution >= 4 is 15.9 Å². The molecule has 1 fully saturated rings. The SMILES string of the molecule is Brc1ccccc1CN1CCN(Cc2ccccn2)CC1. The van der Waals surface area contributed by atoms with Gasteiger partial charge in [-0.05, 0) is 23.8 Å². The molecule has 110 valence electrons. The number of aromatic nitrogens is 1. The second kappa shape index (κ2) is 7.16. The van der Waals surface area contributed by atoms with E-state index in [-0.39, 0.29) is 0 Å². The maximum atomic E-state index is 4.41. The zero-order chi connectivity index (χ0) is 14.5. The molecule has 0 unspecified atom stereocenters. The summed E-state index contributed by atoms with van der Waals surface area (Å²) in [6, 6.07) is 14.6. The number of pyridine rings is 1. The lowest BCUT2D eigenvalue weighted by Gasteiger charge is -2.34. The first-order valence-electron chi connectivity index (χ1n) is 7.39. The van der Waals surface area contributed by atoms with Crippen molar-refractivity contribution in [2.45, 2.75) is 13.1 Å². The number of benzene rings is 1. The van der Waals surface area contributed by atoms with E-state index in [1.54, 1.807) is 0 Å². The van der Waals surface area contributed by atoms with Crippen molar-refractivity contribution in [1.29, 1.82) is 0 Å². The van der Waals surface area contributed by atoms with Crippen LogP contribution in [-0.4, -0.2) is 41.0 Å². The lowest BCUT2D eigenvalue weighted by atomic mass is 10.2. The fourth-order valence-corrected chi connectivity index (χ4v) is 3.10. The minimum Gasteiger partial charge on any atom is -0.297 e. The highest BCUT2D eigenvalue weighted by Crippen LogP contribution is 2.18. The standard InChI is InChI=1S/C17H20BrN3/c18-17-7-2-1-5-15(17)13-20-9-11-21(12-10-20)14-16-6-3-4-8-19-16/h1-8H,9-14H2. The van der Waals surface area contributed by atoms with E-state index >= 15 is 0 Å². The second-order valence-corrected chi connectivity index (χ2v) is 6.32. The highest BCUT2D eigenvalue weighted by Gasteiger charge is 2.17. The molecule has 3 rings (SSSR count). The number of hydrogen-bond acceptors (Lipinski definition) is 3. The van der Waals surface area contributed by atoms with Gasteiger partial charge in [0.15, 0.2) is 0 Å². The molecule has 1 saturated heterocycles. The highest BCUT2D eigenvalue weighted by atomic mass is 79.9. The largest absolute Gasteiger partial charge is 0.297 e. The van der Waals surface area contributed by atoms with Gasteiger partial charge >= 0.3 is 0 Å². The summed E-state index contributed by atoms with van der Waals surface area (Å²) in [6.07, 6.45) is 1.87. The molecule has 0 aliphatic carbocycles. The summed E-state index contributed by atoms with van der Waals surface area (Å²) in [7, 11) is 0. The molecule has 0 saturated carbocycles. The Morgan fingerprint density at radius 2 is 1.52 bits per heavy atom. The summed E-state index contributed by atoms with van der Waals surface area (Å²) in [5.74, 6) is 0. The lowest BCUT2D eigenvalue weighted by Crippen LogP contribution is -2.45. The molecule has 1 aliphatic rings. The first kappa shape index (κ1) is 14.7. The number of rotatable bonds is 4. The van der Waals surface area contributed by atoms with Gasteiger partial charge in [0.05, 0.1) is 5.69 Å². The van der Waals surface area contributed by atoms with Gasteiger partial charge in [0, 0.05) is 49.9 Å². The highest BCUT2D eigenvalue weighted by molar-refractivity contribution is 9.10. The molecule has 1 aromatic carbocycles. The Hall–Kier alpha value is -1.23. The third kappa shape index (κ3) is 4.13. The summed E-state index contributed by atoms with van der Waals surface area (Å²) in [5.41, 5.74) is 2.53. The number of halogens is 1. The van der Waals surface area contributed by atoms with Crippen LogP contribution in [-0.2, 0) is 13.1 Å². The van der Waals surface area contributed by atoms with Crippen molar-refractivity contribution in [3.8, 4) is 0 Å². The van der Waals surface area contributed by atoms with Gasteiger partial charge in [-0.1, -0.05) is 40.2 Å². The molecule has 3 nitrogen and oxygen atoms in total. The van der Waals surface area contributed by atoms with Gasteiger partial charge in [-0.15, -0.1) is 0 Å². The Morgan fingerprint density at radius 1 is 0.857 bits per heavy atom. The summed E-state index contributed by atoms with van der Waals surface area (Å²) in [5, 5.41) is 0. The van der Waals surface area contributed by atoms with Crippen LogP contribution >= 0.6 is 15.9 Å². The van der Waals surface area contributed by atoms with Crippen LogP contribution in [0.15, 0.2) is 53.1 Å². The van der Waals surface area contributed by atoms with Gasteiger partial charge in [-0.2, -0.15) is 0 Å². The van der Waals surface area contributed by atoms with E-state index in [0.717, 1.165) is 45.0 Å². The van der Waals surface area contributed by atoms with Gasteiger partial charge in [0.1, 0.15) is 0 Å². The van der Waals surface area contributed by atoms with Crippen LogP contribution in [0.3, 0.4) is 0 Å². The average Bonchev–Trinajstić information content (AvgIpc) is 2.52. The molecule has 0 radical (unpaired) electrons. The smallest absolute Gasteiger partial charge is 0.0543 e. The van der Waals surface area contributed by atoms with Gasteiger partial charge < -0.3 is 0 Å². The Labute approximate surface area is 134 Å². The predicted molar refractivity (Wildman–Crippen MR) is 88.9 cm³/mol. The van der Waals surface area contributed by atoms with E-state index < -0.39 is 0 Å². The monoisotopic (exact) mass is 345 g/mol. The van der Waals surface area contributed by atoms with E-state index in [1.807, 2.05) is 12.3 Å². The zero-order valence-corrected chi connectivity index (χ0v) is 13.7. The molecule has 0 N–H and O–H groups in total. The molecule has 21 heavy (non-hydrogen) atoms. The third-order valence-electron chi connectivity index (χ3n) is 3.93. The molecule has 2 aromatic rings.